The molecule has 0 saturated heterocycles. The summed E-state index contributed by atoms with van der Waals surface area (Å²) in [6.45, 7) is 7.41. The molecule has 23 heavy (non-hydrogen) atoms. The number of hydrogen-bond acceptors (Lipinski definition) is 3. The molecule has 0 radical (unpaired) electrons. The van der Waals surface area contributed by atoms with Crippen molar-refractivity contribution in [3.8, 4) is 0 Å². The minimum atomic E-state index is -0.246. The Morgan fingerprint density at radius 1 is 1.09 bits per heavy atom. The first-order valence-corrected chi connectivity index (χ1v) is 8.49. The Kier molecular flexibility index (Phi) is 5.09. The number of hydrogen-bond donors (Lipinski definition) is 0. The third-order valence-corrected chi connectivity index (χ3v) is 4.49. The van der Waals surface area contributed by atoms with Gasteiger partial charge in [-0.2, -0.15) is 0 Å². The summed E-state index contributed by atoms with van der Waals surface area (Å²) in [5.74, 6) is 0.884. The van der Waals surface area contributed by atoms with E-state index in [1.54, 1.807) is 0 Å². The first-order valence-electron chi connectivity index (χ1n) is 8.49. The van der Waals surface area contributed by atoms with E-state index < -0.39 is 0 Å². The van der Waals surface area contributed by atoms with E-state index in [9.17, 15) is 0 Å². The van der Waals surface area contributed by atoms with Crippen LogP contribution in [0, 0.1) is 18.8 Å². The molecular formula is C20H25NO2. The molecule has 3 nitrogen and oxygen atoms in total. The van der Waals surface area contributed by atoms with E-state index in [0.717, 1.165) is 12.1 Å². The van der Waals surface area contributed by atoms with Crippen molar-refractivity contribution in [1.82, 2.24) is 0 Å². The number of fused-ring (bicyclic) bond motifs is 2. The summed E-state index contributed by atoms with van der Waals surface area (Å²) in [5, 5.41) is 0. The van der Waals surface area contributed by atoms with E-state index in [1.807, 2.05) is 20.1 Å². The maximum Gasteiger partial charge on any atom is 0.180 e. The monoisotopic (exact) mass is 311 g/mol. The molecule has 0 heterocycles. The fourth-order valence-electron chi connectivity index (χ4n) is 3.37. The van der Waals surface area contributed by atoms with E-state index in [2.05, 4.69) is 48.3 Å². The molecule has 0 aliphatic heterocycles. The second kappa shape index (κ2) is 7.24. The largest absolute Gasteiger partial charge is 0.349 e. The third kappa shape index (κ3) is 3.46. The van der Waals surface area contributed by atoms with Gasteiger partial charge in [0.2, 0.25) is 0 Å². The number of ether oxygens (including phenoxy) is 2. The first kappa shape index (κ1) is 16.2. The summed E-state index contributed by atoms with van der Waals surface area (Å²) in [6, 6.07) is 8.28. The molecule has 2 bridgehead atoms. The molecule has 2 atom stereocenters. The van der Waals surface area contributed by atoms with Crippen molar-refractivity contribution in [3.05, 3.63) is 53.1 Å². The Bertz CT molecular complexity index is 622. The Morgan fingerprint density at radius 2 is 1.74 bits per heavy atom. The molecular weight excluding hydrogens is 286 g/mol. The zero-order chi connectivity index (χ0) is 16.2. The van der Waals surface area contributed by atoms with E-state index in [0.29, 0.717) is 25.0 Å². The van der Waals surface area contributed by atoms with Gasteiger partial charge in [-0.25, -0.2) is 0 Å². The maximum atomic E-state index is 5.84. The summed E-state index contributed by atoms with van der Waals surface area (Å²) >= 11 is 0. The average Bonchev–Trinajstić information content (AvgIpc) is 3.15. The van der Waals surface area contributed by atoms with Gasteiger partial charge in [0, 0.05) is 31.3 Å². The molecule has 1 aromatic rings. The van der Waals surface area contributed by atoms with Gasteiger partial charge >= 0.3 is 0 Å². The number of benzene rings is 1. The lowest BCUT2D eigenvalue weighted by molar-refractivity contribution is -0.114. The van der Waals surface area contributed by atoms with Crippen molar-refractivity contribution in [3.63, 3.8) is 0 Å². The average molecular weight is 311 g/mol. The van der Waals surface area contributed by atoms with Gasteiger partial charge in [0.15, 0.2) is 6.29 Å². The van der Waals surface area contributed by atoms with Crippen LogP contribution in [0.5, 0.6) is 0 Å². The number of rotatable bonds is 7. The summed E-state index contributed by atoms with van der Waals surface area (Å²) < 4.78 is 11.7. The van der Waals surface area contributed by atoms with Crippen LogP contribution in [0.15, 0.2) is 52.6 Å². The summed E-state index contributed by atoms with van der Waals surface area (Å²) in [7, 11) is 0. The normalized spacial score (nSPS) is 23.0. The van der Waals surface area contributed by atoms with Crippen LogP contribution in [-0.4, -0.2) is 25.7 Å². The molecule has 0 aromatic heterocycles. The van der Waals surface area contributed by atoms with Crippen LogP contribution in [0.4, 0.5) is 5.69 Å². The Labute approximate surface area is 138 Å². The predicted molar refractivity (Wildman–Crippen MR) is 94.1 cm³/mol. The second-order valence-electron chi connectivity index (χ2n) is 6.08. The number of nitrogens with zero attached hydrogens (tertiary/aromatic N) is 1. The topological polar surface area (TPSA) is 30.8 Å². The van der Waals surface area contributed by atoms with Gasteiger partial charge in [-0.15, -0.1) is 0 Å². The molecule has 0 amide bonds. The lowest BCUT2D eigenvalue weighted by Crippen LogP contribution is -2.24. The molecule has 3 heteroatoms. The molecule has 2 aliphatic rings. The molecule has 0 saturated carbocycles. The Balaban J connectivity index is 1.87. The highest BCUT2D eigenvalue weighted by molar-refractivity contribution is 5.85. The van der Waals surface area contributed by atoms with Gasteiger partial charge in [0.25, 0.3) is 0 Å². The van der Waals surface area contributed by atoms with Crippen LogP contribution >= 0.6 is 0 Å². The molecule has 0 fully saturated rings. The van der Waals surface area contributed by atoms with Crippen molar-refractivity contribution in [2.24, 2.45) is 16.8 Å². The van der Waals surface area contributed by atoms with Crippen molar-refractivity contribution in [2.45, 2.75) is 33.5 Å². The van der Waals surface area contributed by atoms with Crippen LogP contribution < -0.4 is 0 Å². The minimum Gasteiger partial charge on any atom is -0.349 e. The predicted octanol–water partition coefficient (Wildman–Crippen LogP) is 4.60. The van der Waals surface area contributed by atoms with Gasteiger partial charge in [-0.1, -0.05) is 29.8 Å². The smallest absolute Gasteiger partial charge is 0.180 e. The zero-order valence-corrected chi connectivity index (χ0v) is 14.2. The highest BCUT2D eigenvalue weighted by Crippen LogP contribution is 2.45. The molecule has 0 spiro atoms. The molecule has 3 rings (SSSR count). The molecule has 122 valence electrons. The molecule has 0 N–H and O–H groups in total. The SMILES string of the molecule is CCOC(OCC)C1=C(C=Nc2ccc(C)cc2)C2C=CC1C2. The van der Waals surface area contributed by atoms with Crippen molar-refractivity contribution < 1.29 is 9.47 Å². The van der Waals surface area contributed by atoms with Crippen molar-refractivity contribution in [1.29, 1.82) is 0 Å². The zero-order valence-electron chi connectivity index (χ0n) is 14.2. The summed E-state index contributed by atoms with van der Waals surface area (Å²) in [5.41, 5.74) is 4.76. The first-order chi connectivity index (χ1) is 11.2. The van der Waals surface area contributed by atoms with E-state index in [-0.39, 0.29) is 6.29 Å². The van der Waals surface area contributed by atoms with Gasteiger partial charge < -0.3 is 9.47 Å². The molecule has 2 aliphatic carbocycles. The highest BCUT2D eigenvalue weighted by atomic mass is 16.7. The maximum absolute atomic E-state index is 5.84. The van der Waals surface area contributed by atoms with E-state index in [1.165, 1.54) is 16.7 Å². The van der Waals surface area contributed by atoms with Gasteiger partial charge in [-0.3, -0.25) is 4.99 Å². The van der Waals surface area contributed by atoms with Gasteiger partial charge in [0.1, 0.15) is 0 Å². The lowest BCUT2D eigenvalue weighted by Gasteiger charge is -2.23. The van der Waals surface area contributed by atoms with Crippen molar-refractivity contribution in [2.75, 3.05) is 13.2 Å². The van der Waals surface area contributed by atoms with E-state index >= 15 is 0 Å². The van der Waals surface area contributed by atoms with Crippen LogP contribution in [-0.2, 0) is 9.47 Å². The van der Waals surface area contributed by atoms with Crippen LogP contribution in [0.2, 0.25) is 0 Å². The number of allylic oxidation sites excluding steroid dienone is 3. The highest BCUT2D eigenvalue weighted by Gasteiger charge is 2.38. The van der Waals surface area contributed by atoms with Crippen LogP contribution in [0.25, 0.3) is 0 Å². The van der Waals surface area contributed by atoms with Crippen LogP contribution in [0.1, 0.15) is 25.8 Å². The van der Waals surface area contributed by atoms with Gasteiger partial charge in [0.05, 0.1) is 5.69 Å². The molecule has 2 unspecified atom stereocenters. The second-order valence-corrected chi connectivity index (χ2v) is 6.08. The quantitative estimate of drug-likeness (QED) is 0.418. The Morgan fingerprint density at radius 3 is 2.39 bits per heavy atom. The third-order valence-electron chi connectivity index (χ3n) is 4.49. The summed E-state index contributed by atoms with van der Waals surface area (Å²) in [4.78, 5) is 4.67. The standard InChI is InChI=1S/C20H25NO2/c1-4-22-20(23-5-2)19-16-9-8-15(12-16)18(19)13-21-17-10-6-14(3)7-11-17/h6-11,13,15-16,20H,4-5,12H2,1-3H3. The lowest BCUT2D eigenvalue weighted by atomic mass is 9.97. The van der Waals surface area contributed by atoms with Crippen LogP contribution in [0.3, 0.4) is 0 Å². The van der Waals surface area contributed by atoms with E-state index in [4.69, 9.17) is 9.47 Å². The van der Waals surface area contributed by atoms with Gasteiger partial charge in [-0.05, 0) is 50.5 Å². The number of aryl methyl sites for hydroxylation is 1. The van der Waals surface area contributed by atoms with Crippen molar-refractivity contribution >= 4 is 11.9 Å². The Hall–Kier alpha value is -1.71. The number of aliphatic imine (C=N–C) groups is 1. The fraction of sp³-hybridized carbons (Fsp3) is 0.450. The summed E-state index contributed by atoms with van der Waals surface area (Å²) in [6.07, 6.45) is 7.47. The molecule has 1 aromatic carbocycles. The minimum absolute atomic E-state index is 0.246. The fourth-order valence-corrected chi connectivity index (χ4v) is 3.37.